The molecule has 0 aromatic heterocycles. The molecule has 2 aliphatic rings. The van der Waals surface area contributed by atoms with E-state index in [1.54, 1.807) is 24.3 Å². The first-order valence-corrected chi connectivity index (χ1v) is 15.9. The number of anilines is 1. The van der Waals surface area contributed by atoms with Gasteiger partial charge in [-0.15, -0.1) is 0 Å². The molecular weight excluding hydrogens is 559 g/mol. The molecule has 0 unspecified atom stereocenters. The summed E-state index contributed by atoms with van der Waals surface area (Å²) in [5, 5.41) is 5.24. The van der Waals surface area contributed by atoms with E-state index in [1.807, 2.05) is 18.2 Å². The largest absolute Gasteiger partial charge is 0.382 e. The zero-order valence-corrected chi connectivity index (χ0v) is 22.3. The van der Waals surface area contributed by atoms with Crippen molar-refractivity contribution in [3.8, 4) is 11.1 Å². The fraction of sp³-hybridized carbons (Fsp3) is 0.296. The fourth-order valence-corrected chi connectivity index (χ4v) is 7.61. The van der Waals surface area contributed by atoms with E-state index >= 15 is 0 Å². The van der Waals surface area contributed by atoms with E-state index in [0.717, 1.165) is 34.4 Å². The normalized spacial score (nSPS) is 21.7. The van der Waals surface area contributed by atoms with Gasteiger partial charge in [-0.05, 0) is 84.3 Å². The van der Waals surface area contributed by atoms with E-state index in [9.17, 15) is 32.6 Å². The van der Waals surface area contributed by atoms with Crippen molar-refractivity contribution in [1.29, 1.82) is 0 Å². The van der Waals surface area contributed by atoms with Gasteiger partial charge < -0.3 is 10.6 Å². The molecule has 210 valence electrons. The summed E-state index contributed by atoms with van der Waals surface area (Å²) in [6.07, 6.45) is 1.96. The number of benzene rings is 3. The SMILES string of the molecule is O=C1Cc2cc(-c3ccc(S(=O)(=O)C4CCC(Nc5ccc(S(F)(F)(F)(F)F)cc5)CC4)cc3)ccc2CN1. The second kappa shape index (κ2) is 8.95. The monoisotopic (exact) mass is 586 g/mol. The van der Waals surface area contributed by atoms with Gasteiger partial charge in [0.2, 0.25) is 5.91 Å². The number of hydrogen-bond acceptors (Lipinski definition) is 4. The Bertz CT molecular complexity index is 1520. The minimum absolute atomic E-state index is 0.0314. The maximum atomic E-state index is 13.3. The number of rotatable bonds is 6. The molecule has 5 nitrogen and oxygen atoms in total. The smallest absolute Gasteiger partial charge is 0.310 e. The van der Waals surface area contributed by atoms with Crippen LogP contribution in [0, 0.1) is 0 Å². The quantitative estimate of drug-likeness (QED) is 0.296. The number of fused-ring (bicyclic) bond motifs is 1. The van der Waals surface area contributed by atoms with Crippen molar-refractivity contribution in [3.63, 3.8) is 0 Å². The number of sulfone groups is 1. The molecule has 1 amide bonds. The van der Waals surface area contributed by atoms with Crippen molar-refractivity contribution >= 4 is 31.7 Å². The molecule has 0 atom stereocenters. The first-order chi connectivity index (χ1) is 18.1. The molecule has 0 saturated heterocycles. The highest BCUT2D eigenvalue weighted by molar-refractivity contribution is 8.45. The Morgan fingerprint density at radius 2 is 1.38 bits per heavy atom. The topological polar surface area (TPSA) is 75.3 Å². The third-order valence-electron chi connectivity index (χ3n) is 7.33. The van der Waals surface area contributed by atoms with Crippen LogP contribution in [0.1, 0.15) is 36.8 Å². The number of halogens is 5. The van der Waals surface area contributed by atoms with Gasteiger partial charge >= 0.3 is 10.2 Å². The van der Waals surface area contributed by atoms with Gasteiger partial charge in [-0.1, -0.05) is 49.8 Å². The van der Waals surface area contributed by atoms with E-state index in [2.05, 4.69) is 10.6 Å². The second-order valence-corrected chi connectivity index (χ2v) is 14.8. The highest BCUT2D eigenvalue weighted by Gasteiger charge is 2.65. The Hall–Kier alpha value is -3.12. The number of carbonyl (C=O) groups is 1. The van der Waals surface area contributed by atoms with Crippen LogP contribution in [0.5, 0.6) is 0 Å². The van der Waals surface area contributed by atoms with E-state index in [0.29, 0.717) is 50.8 Å². The summed E-state index contributed by atoms with van der Waals surface area (Å²) in [4.78, 5) is 9.98. The van der Waals surface area contributed by atoms with Gasteiger partial charge in [-0.2, -0.15) is 0 Å². The van der Waals surface area contributed by atoms with Gasteiger partial charge in [0, 0.05) is 18.3 Å². The van der Waals surface area contributed by atoms with Gasteiger partial charge in [-0.25, -0.2) is 8.42 Å². The van der Waals surface area contributed by atoms with E-state index in [-0.39, 0.29) is 22.5 Å². The average Bonchev–Trinajstić information content (AvgIpc) is 2.87. The van der Waals surface area contributed by atoms with Crippen LogP contribution in [0.15, 0.2) is 76.5 Å². The molecule has 1 aliphatic heterocycles. The molecular formula is C27H27F5N2O3S2. The molecule has 0 bridgehead atoms. The van der Waals surface area contributed by atoms with Crippen LogP contribution in [0.4, 0.5) is 25.1 Å². The fourth-order valence-electron chi connectivity index (χ4n) is 5.16. The summed E-state index contributed by atoms with van der Waals surface area (Å²) in [5.41, 5.74) is 4.02. The van der Waals surface area contributed by atoms with Crippen molar-refractivity contribution < 1.29 is 32.6 Å². The zero-order valence-electron chi connectivity index (χ0n) is 20.7. The van der Waals surface area contributed by atoms with Crippen molar-refractivity contribution in [2.75, 3.05) is 5.32 Å². The average molecular weight is 587 g/mol. The molecule has 1 fully saturated rings. The minimum atomic E-state index is -9.72. The summed E-state index contributed by atoms with van der Waals surface area (Å²) in [5.74, 6) is -0.0314. The Morgan fingerprint density at radius 3 is 2.00 bits per heavy atom. The van der Waals surface area contributed by atoms with Gasteiger partial charge in [-0.3, -0.25) is 4.79 Å². The highest BCUT2D eigenvalue weighted by atomic mass is 32.5. The predicted molar refractivity (Wildman–Crippen MR) is 142 cm³/mol. The molecule has 39 heavy (non-hydrogen) atoms. The molecule has 12 heteroatoms. The van der Waals surface area contributed by atoms with Crippen LogP contribution in [-0.2, 0) is 27.6 Å². The standard InChI is InChI=1S/C27H27F5N2O3S2/c28-39(29,30,31,32)26-13-7-23(8-14-26)34-22-5-11-25(12-6-22)38(36,37)24-9-3-18(4-10-24)19-1-2-20-17-33-27(35)16-21(20)15-19/h1-4,7-10,13-15,22,25,34H,5-6,11-12,16-17H2,(H,33,35). The molecule has 3 aromatic rings. The molecule has 5 rings (SSSR count). The molecule has 1 heterocycles. The lowest BCUT2D eigenvalue weighted by atomic mass is 9.95. The van der Waals surface area contributed by atoms with Crippen LogP contribution >= 0.6 is 10.2 Å². The maximum absolute atomic E-state index is 13.3. The molecule has 0 spiro atoms. The van der Waals surface area contributed by atoms with E-state index in [1.165, 1.54) is 0 Å². The Kier molecular flexibility index (Phi) is 6.30. The predicted octanol–water partition coefficient (Wildman–Crippen LogP) is 7.38. The van der Waals surface area contributed by atoms with Crippen LogP contribution in [0.25, 0.3) is 11.1 Å². The van der Waals surface area contributed by atoms with Crippen molar-refractivity contribution in [3.05, 3.63) is 77.9 Å². The third kappa shape index (κ3) is 6.06. The van der Waals surface area contributed by atoms with Gasteiger partial charge in [0.25, 0.3) is 0 Å². The van der Waals surface area contributed by atoms with E-state index in [4.69, 9.17) is 0 Å². The molecule has 1 saturated carbocycles. The first kappa shape index (κ1) is 27.4. The summed E-state index contributed by atoms with van der Waals surface area (Å²) < 4.78 is 91.2. The summed E-state index contributed by atoms with van der Waals surface area (Å²) in [6.45, 7) is 0.494. The van der Waals surface area contributed by atoms with Crippen LogP contribution in [0.2, 0.25) is 0 Å². The second-order valence-electron chi connectivity index (χ2n) is 10.1. The van der Waals surface area contributed by atoms with Crippen molar-refractivity contribution in [2.45, 2.75) is 59.7 Å². The number of nitrogens with one attached hydrogen (secondary N) is 2. The molecule has 1 aliphatic carbocycles. The molecule has 3 aromatic carbocycles. The van der Waals surface area contributed by atoms with Crippen LogP contribution in [-0.4, -0.2) is 25.6 Å². The highest BCUT2D eigenvalue weighted by Crippen LogP contribution is 3.02. The Morgan fingerprint density at radius 1 is 0.769 bits per heavy atom. The number of amides is 1. The van der Waals surface area contributed by atoms with Gasteiger partial charge in [0.1, 0.15) is 4.90 Å². The number of carbonyl (C=O) groups excluding carboxylic acids is 1. The third-order valence-corrected chi connectivity index (χ3v) is 10.8. The molecule has 2 N–H and O–H groups in total. The van der Waals surface area contributed by atoms with Gasteiger partial charge in [0.15, 0.2) is 9.84 Å². The van der Waals surface area contributed by atoms with E-state index < -0.39 is 30.2 Å². The van der Waals surface area contributed by atoms with Crippen LogP contribution < -0.4 is 10.6 Å². The summed E-state index contributed by atoms with van der Waals surface area (Å²) >= 11 is 0. The maximum Gasteiger partial charge on any atom is 0.310 e. The summed E-state index contributed by atoms with van der Waals surface area (Å²) in [7, 11) is -13.3. The van der Waals surface area contributed by atoms with Crippen molar-refractivity contribution in [1.82, 2.24) is 5.32 Å². The lowest BCUT2D eigenvalue weighted by Crippen LogP contribution is -2.32. The lowest BCUT2D eigenvalue weighted by molar-refractivity contribution is -0.121. The minimum Gasteiger partial charge on any atom is -0.382 e. The molecule has 0 radical (unpaired) electrons. The lowest BCUT2D eigenvalue weighted by Gasteiger charge is -2.40. The van der Waals surface area contributed by atoms with Crippen molar-refractivity contribution in [2.24, 2.45) is 0 Å². The zero-order chi connectivity index (χ0) is 28.1. The first-order valence-electron chi connectivity index (χ1n) is 12.4. The summed E-state index contributed by atoms with van der Waals surface area (Å²) in [6, 6.07) is 15.0. The Balaban J connectivity index is 1.21. The van der Waals surface area contributed by atoms with Crippen LogP contribution in [0.3, 0.4) is 0 Å². The Labute approximate surface area is 223 Å². The van der Waals surface area contributed by atoms with Gasteiger partial charge in [0.05, 0.1) is 16.6 Å². The number of hydrogen-bond donors (Lipinski definition) is 2.